The fourth-order valence-electron chi connectivity index (χ4n) is 3.44. The quantitative estimate of drug-likeness (QED) is 0.183. The number of carbonyl (C=O) groups is 1. The minimum Gasteiger partial charge on any atom is -0.287 e. The molecular formula is C22H44OS. The molecule has 0 saturated heterocycles. The molecule has 0 heterocycles. The number of carbonyl (C=O) groups excluding carboxylic acids is 1. The van der Waals surface area contributed by atoms with Crippen LogP contribution in [-0.2, 0) is 4.79 Å². The summed E-state index contributed by atoms with van der Waals surface area (Å²) in [5.41, 5.74) is 0. The molecule has 0 amide bonds. The molecule has 2 heteroatoms. The van der Waals surface area contributed by atoms with Gasteiger partial charge in [-0.25, -0.2) is 0 Å². The van der Waals surface area contributed by atoms with E-state index < -0.39 is 0 Å². The lowest BCUT2D eigenvalue weighted by Crippen LogP contribution is -1.99. The number of hydrogen-bond donors (Lipinski definition) is 1. The summed E-state index contributed by atoms with van der Waals surface area (Å²) in [4.78, 5) is 10.9. The largest absolute Gasteiger partial charge is 0.287 e. The number of rotatable bonds is 19. The zero-order valence-corrected chi connectivity index (χ0v) is 17.6. The summed E-state index contributed by atoms with van der Waals surface area (Å²) in [5, 5.41) is 0.0407. The van der Waals surface area contributed by atoms with E-state index >= 15 is 0 Å². The average Bonchev–Trinajstić information content (AvgIpc) is 2.53. The van der Waals surface area contributed by atoms with E-state index in [2.05, 4.69) is 26.5 Å². The van der Waals surface area contributed by atoms with E-state index in [9.17, 15) is 4.79 Å². The summed E-state index contributed by atoms with van der Waals surface area (Å²) in [6.07, 6.45) is 24.5. The van der Waals surface area contributed by atoms with Crippen LogP contribution in [0, 0.1) is 5.92 Å². The van der Waals surface area contributed by atoms with Gasteiger partial charge in [-0.05, 0) is 5.92 Å². The molecular weight excluding hydrogens is 312 g/mol. The Hall–Kier alpha value is 0.0200. The van der Waals surface area contributed by atoms with Gasteiger partial charge in [0.05, 0.1) is 0 Å². The van der Waals surface area contributed by atoms with E-state index in [0.717, 1.165) is 0 Å². The Balaban J connectivity index is 3.06. The summed E-state index contributed by atoms with van der Waals surface area (Å²) in [6.45, 7) is 4.45. The highest BCUT2D eigenvalue weighted by atomic mass is 32.1. The predicted octanol–water partition coefficient (Wildman–Crippen LogP) is 8.12. The van der Waals surface area contributed by atoms with E-state index in [1.165, 1.54) is 109 Å². The summed E-state index contributed by atoms with van der Waals surface area (Å²) >= 11 is 3.85. The van der Waals surface area contributed by atoms with E-state index in [-0.39, 0.29) is 5.12 Å². The molecule has 0 aliphatic heterocycles. The molecule has 144 valence electrons. The van der Waals surface area contributed by atoms with Crippen molar-refractivity contribution in [2.45, 2.75) is 129 Å². The van der Waals surface area contributed by atoms with Crippen molar-refractivity contribution in [1.82, 2.24) is 0 Å². The van der Waals surface area contributed by atoms with Crippen LogP contribution in [0.2, 0.25) is 0 Å². The molecule has 0 aromatic heterocycles. The van der Waals surface area contributed by atoms with Gasteiger partial charge in [0, 0.05) is 6.42 Å². The van der Waals surface area contributed by atoms with Gasteiger partial charge in [0.2, 0.25) is 0 Å². The van der Waals surface area contributed by atoms with Crippen molar-refractivity contribution >= 4 is 17.7 Å². The van der Waals surface area contributed by atoms with Crippen molar-refractivity contribution in [2.75, 3.05) is 0 Å². The van der Waals surface area contributed by atoms with E-state index in [1.54, 1.807) is 0 Å². The van der Waals surface area contributed by atoms with Gasteiger partial charge in [-0.1, -0.05) is 123 Å². The molecule has 0 spiro atoms. The van der Waals surface area contributed by atoms with Crippen LogP contribution >= 0.6 is 12.6 Å². The zero-order chi connectivity index (χ0) is 17.9. The molecule has 0 radical (unpaired) electrons. The fraction of sp³-hybridized carbons (Fsp3) is 0.955. The Morgan fingerprint density at radius 2 is 1.00 bits per heavy atom. The van der Waals surface area contributed by atoms with Gasteiger partial charge in [-0.3, -0.25) is 4.79 Å². The van der Waals surface area contributed by atoms with Crippen molar-refractivity contribution in [2.24, 2.45) is 5.92 Å². The van der Waals surface area contributed by atoms with Crippen LogP contribution in [0.4, 0.5) is 0 Å². The predicted molar refractivity (Wildman–Crippen MR) is 112 cm³/mol. The summed E-state index contributed by atoms with van der Waals surface area (Å²) in [6, 6.07) is 0. The molecule has 0 aromatic carbocycles. The maximum atomic E-state index is 10.9. The Morgan fingerprint density at radius 1 is 0.667 bits per heavy atom. The minimum absolute atomic E-state index is 0.0407. The van der Waals surface area contributed by atoms with Crippen LogP contribution in [0.5, 0.6) is 0 Å². The monoisotopic (exact) mass is 356 g/mol. The minimum atomic E-state index is 0.0407. The maximum absolute atomic E-state index is 10.9. The van der Waals surface area contributed by atoms with Gasteiger partial charge in [0.15, 0.2) is 5.12 Å². The third kappa shape index (κ3) is 20.1. The lowest BCUT2D eigenvalue weighted by Gasteiger charge is -2.08. The second-order valence-electron chi connectivity index (χ2n) is 7.80. The Morgan fingerprint density at radius 3 is 1.33 bits per heavy atom. The van der Waals surface area contributed by atoms with Crippen molar-refractivity contribution in [3.8, 4) is 0 Å². The highest BCUT2D eigenvalue weighted by molar-refractivity contribution is 7.96. The summed E-state index contributed by atoms with van der Waals surface area (Å²) in [7, 11) is 0. The molecule has 0 bridgehead atoms. The third-order valence-corrected chi connectivity index (χ3v) is 5.26. The second kappa shape index (κ2) is 19.3. The molecule has 0 N–H and O–H groups in total. The first kappa shape index (κ1) is 24.0. The highest BCUT2D eigenvalue weighted by Gasteiger charge is 2.05. The van der Waals surface area contributed by atoms with Crippen molar-refractivity contribution < 1.29 is 4.79 Å². The van der Waals surface area contributed by atoms with E-state index in [0.29, 0.717) is 12.3 Å². The Labute approximate surface area is 158 Å². The number of hydrogen-bond acceptors (Lipinski definition) is 1. The molecule has 1 atom stereocenters. The SMILES string of the molecule is CCCCCCCCCCCCCCCCCCC(C)CC(=O)S. The molecule has 1 unspecified atom stereocenters. The van der Waals surface area contributed by atoms with E-state index in [4.69, 9.17) is 0 Å². The normalized spacial score (nSPS) is 12.5. The molecule has 0 aromatic rings. The van der Waals surface area contributed by atoms with Gasteiger partial charge in [0.1, 0.15) is 0 Å². The van der Waals surface area contributed by atoms with Crippen molar-refractivity contribution in [3.05, 3.63) is 0 Å². The molecule has 1 nitrogen and oxygen atoms in total. The van der Waals surface area contributed by atoms with Crippen molar-refractivity contribution in [1.29, 1.82) is 0 Å². The molecule has 24 heavy (non-hydrogen) atoms. The van der Waals surface area contributed by atoms with Gasteiger partial charge in [-0.2, -0.15) is 0 Å². The van der Waals surface area contributed by atoms with E-state index in [1.807, 2.05) is 0 Å². The maximum Gasteiger partial charge on any atom is 0.186 e. The molecule has 0 fully saturated rings. The van der Waals surface area contributed by atoms with Crippen LogP contribution < -0.4 is 0 Å². The third-order valence-electron chi connectivity index (χ3n) is 5.07. The van der Waals surface area contributed by atoms with Crippen LogP contribution in [-0.4, -0.2) is 5.12 Å². The second-order valence-corrected chi connectivity index (χ2v) is 8.29. The molecule has 0 saturated carbocycles. The molecule has 0 aliphatic carbocycles. The summed E-state index contributed by atoms with van der Waals surface area (Å²) < 4.78 is 0. The molecule has 0 aliphatic rings. The average molecular weight is 357 g/mol. The van der Waals surface area contributed by atoms with Gasteiger partial charge >= 0.3 is 0 Å². The first-order chi connectivity index (χ1) is 11.7. The first-order valence-electron chi connectivity index (χ1n) is 10.9. The fourth-order valence-corrected chi connectivity index (χ4v) is 3.75. The number of thiol groups is 1. The van der Waals surface area contributed by atoms with Gasteiger partial charge < -0.3 is 0 Å². The standard InChI is InChI=1S/C22H44OS/c1-3-4-5-6-7-8-9-10-11-12-13-14-15-16-17-18-19-21(2)20-22(23)24/h21H,3-20H2,1-2H3,(H,23,24). The smallest absolute Gasteiger partial charge is 0.186 e. The highest BCUT2D eigenvalue weighted by Crippen LogP contribution is 2.17. The zero-order valence-electron chi connectivity index (χ0n) is 16.7. The van der Waals surface area contributed by atoms with Gasteiger partial charge in [0.25, 0.3) is 0 Å². The van der Waals surface area contributed by atoms with Crippen molar-refractivity contribution in [3.63, 3.8) is 0 Å². The van der Waals surface area contributed by atoms with Crippen LogP contribution in [0.25, 0.3) is 0 Å². The number of unbranched alkanes of at least 4 members (excludes halogenated alkanes) is 15. The summed E-state index contributed by atoms with van der Waals surface area (Å²) in [5.74, 6) is 0.515. The Kier molecular flexibility index (Phi) is 19.4. The van der Waals surface area contributed by atoms with Crippen LogP contribution in [0.3, 0.4) is 0 Å². The topological polar surface area (TPSA) is 17.1 Å². The molecule has 0 rings (SSSR count). The lowest BCUT2D eigenvalue weighted by molar-refractivity contribution is -0.111. The first-order valence-corrected chi connectivity index (χ1v) is 11.3. The van der Waals surface area contributed by atoms with Crippen LogP contribution in [0.15, 0.2) is 0 Å². The Bertz CT molecular complexity index is 265. The lowest BCUT2D eigenvalue weighted by atomic mass is 9.99. The van der Waals surface area contributed by atoms with Gasteiger partial charge in [-0.15, -0.1) is 12.6 Å². The van der Waals surface area contributed by atoms with Crippen LogP contribution in [0.1, 0.15) is 129 Å².